The molecule has 0 aromatic rings. The molecule has 5 nitrogen and oxygen atoms in total. The normalized spacial score (nSPS) is 22.6. The summed E-state index contributed by atoms with van der Waals surface area (Å²) >= 11 is 0. The number of allylic oxidation sites excluding steroid dienone is 3. The fourth-order valence-corrected chi connectivity index (χ4v) is 3.08. The number of hydrogen-bond donors (Lipinski definition) is 1. The molecule has 0 saturated heterocycles. The SMILES string of the molecule is C/C=C\C=C/C(C)COC(=O)NC(C(=O)OC)C1CCCCC(F)(F)CC1. The highest BCUT2D eigenvalue weighted by Gasteiger charge is 2.37. The highest BCUT2D eigenvalue weighted by molar-refractivity contribution is 5.81. The molecule has 1 amide bonds. The van der Waals surface area contributed by atoms with Crippen LogP contribution in [0.25, 0.3) is 0 Å². The Kier molecular flexibility index (Phi) is 10.0. The molecule has 1 saturated carbocycles. The molecule has 0 aromatic carbocycles. The summed E-state index contributed by atoms with van der Waals surface area (Å²) in [7, 11) is 1.22. The molecule has 27 heavy (non-hydrogen) atoms. The van der Waals surface area contributed by atoms with Crippen molar-refractivity contribution in [2.45, 2.75) is 64.3 Å². The van der Waals surface area contributed by atoms with E-state index < -0.39 is 29.9 Å². The number of methoxy groups -OCH3 is 1. The Balaban J connectivity index is 2.65. The fourth-order valence-electron chi connectivity index (χ4n) is 3.08. The van der Waals surface area contributed by atoms with Crippen LogP contribution in [0.2, 0.25) is 0 Å². The van der Waals surface area contributed by atoms with Gasteiger partial charge in [0.2, 0.25) is 5.92 Å². The molecule has 1 aliphatic rings. The van der Waals surface area contributed by atoms with E-state index in [2.05, 4.69) is 5.32 Å². The number of alkyl halides is 2. The van der Waals surface area contributed by atoms with E-state index >= 15 is 0 Å². The molecule has 0 spiro atoms. The summed E-state index contributed by atoms with van der Waals surface area (Å²) in [5.41, 5.74) is 0. The molecule has 0 heterocycles. The van der Waals surface area contributed by atoms with Crippen molar-refractivity contribution in [1.29, 1.82) is 0 Å². The Labute approximate surface area is 160 Å². The molecular weight excluding hydrogens is 356 g/mol. The summed E-state index contributed by atoms with van der Waals surface area (Å²) in [5, 5.41) is 2.52. The van der Waals surface area contributed by atoms with Crippen LogP contribution in [-0.2, 0) is 14.3 Å². The number of nitrogens with one attached hydrogen (secondary N) is 1. The lowest BCUT2D eigenvalue weighted by Gasteiger charge is -2.29. The second kappa shape index (κ2) is 11.7. The van der Waals surface area contributed by atoms with Gasteiger partial charge in [-0.1, -0.05) is 37.6 Å². The Bertz CT molecular complexity index is 534. The van der Waals surface area contributed by atoms with Crippen LogP contribution < -0.4 is 5.32 Å². The van der Waals surface area contributed by atoms with Gasteiger partial charge in [0.1, 0.15) is 6.04 Å². The van der Waals surface area contributed by atoms with Crippen LogP contribution >= 0.6 is 0 Å². The number of esters is 1. The van der Waals surface area contributed by atoms with Gasteiger partial charge in [-0.25, -0.2) is 18.4 Å². The smallest absolute Gasteiger partial charge is 0.407 e. The van der Waals surface area contributed by atoms with Gasteiger partial charge >= 0.3 is 12.1 Å². The first-order valence-corrected chi connectivity index (χ1v) is 9.47. The molecule has 3 unspecified atom stereocenters. The molecule has 0 radical (unpaired) electrons. The average molecular weight is 387 g/mol. The van der Waals surface area contributed by atoms with Crippen molar-refractivity contribution in [3.63, 3.8) is 0 Å². The van der Waals surface area contributed by atoms with Gasteiger partial charge in [-0.2, -0.15) is 0 Å². The third-order valence-electron chi connectivity index (χ3n) is 4.67. The highest BCUT2D eigenvalue weighted by Crippen LogP contribution is 2.34. The Hall–Kier alpha value is -1.92. The zero-order chi connectivity index (χ0) is 20.3. The van der Waals surface area contributed by atoms with Crippen LogP contribution in [0.15, 0.2) is 24.3 Å². The number of carbonyl (C=O) groups is 2. The number of rotatable bonds is 7. The zero-order valence-corrected chi connectivity index (χ0v) is 16.4. The zero-order valence-electron chi connectivity index (χ0n) is 16.4. The van der Waals surface area contributed by atoms with E-state index in [1.54, 1.807) is 0 Å². The number of halogens is 2. The Morgan fingerprint density at radius 3 is 2.63 bits per heavy atom. The van der Waals surface area contributed by atoms with Crippen molar-refractivity contribution in [2.24, 2.45) is 11.8 Å². The summed E-state index contributed by atoms with van der Waals surface area (Å²) in [4.78, 5) is 24.2. The van der Waals surface area contributed by atoms with Gasteiger partial charge in [0.15, 0.2) is 0 Å². The lowest BCUT2D eigenvalue weighted by Crippen LogP contribution is -2.47. The van der Waals surface area contributed by atoms with Crippen LogP contribution in [0.1, 0.15) is 52.4 Å². The van der Waals surface area contributed by atoms with E-state index in [1.807, 2.05) is 38.2 Å². The van der Waals surface area contributed by atoms with Gasteiger partial charge in [0.05, 0.1) is 13.7 Å². The molecule has 1 aliphatic carbocycles. The maximum Gasteiger partial charge on any atom is 0.407 e. The first-order valence-electron chi connectivity index (χ1n) is 9.47. The van der Waals surface area contributed by atoms with Crippen LogP contribution in [0.5, 0.6) is 0 Å². The number of hydrogen-bond acceptors (Lipinski definition) is 4. The van der Waals surface area contributed by atoms with Gasteiger partial charge in [0.25, 0.3) is 0 Å². The number of ether oxygens (including phenoxy) is 2. The molecule has 3 atom stereocenters. The largest absolute Gasteiger partial charge is 0.467 e. The van der Waals surface area contributed by atoms with Crippen molar-refractivity contribution in [3.05, 3.63) is 24.3 Å². The van der Waals surface area contributed by atoms with Gasteiger partial charge in [-0.05, 0) is 32.1 Å². The summed E-state index contributed by atoms with van der Waals surface area (Å²) in [5.74, 6) is -3.76. The van der Waals surface area contributed by atoms with Crippen molar-refractivity contribution < 1.29 is 27.8 Å². The van der Waals surface area contributed by atoms with Crippen molar-refractivity contribution >= 4 is 12.1 Å². The molecule has 0 bridgehead atoms. The van der Waals surface area contributed by atoms with Gasteiger partial charge in [-0.15, -0.1) is 0 Å². The Morgan fingerprint density at radius 1 is 1.22 bits per heavy atom. The molecule has 1 fully saturated rings. The molecule has 0 aliphatic heterocycles. The molecule has 1 N–H and O–H groups in total. The third-order valence-corrected chi connectivity index (χ3v) is 4.67. The molecule has 0 aromatic heterocycles. The minimum Gasteiger partial charge on any atom is -0.467 e. The van der Waals surface area contributed by atoms with E-state index in [1.165, 1.54) is 7.11 Å². The Morgan fingerprint density at radius 2 is 1.96 bits per heavy atom. The van der Waals surface area contributed by atoms with Gasteiger partial charge in [-0.3, -0.25) is 0 Å². The first-order chi connectivity index (χ1) is 12.8. The van der Waals surface area contributed by atoms with Crippen molar-refractivity contribution in [2.75, 3.05) is 13.7 Å². The lowest BCUT2D eigenvalue weighted by molar-refractivity contribution is -0.145. The van der Waals surface area contributed by atoms with Crippen molar-refractivity contribution in [1.82, 2.24) is 5.32 Å². The average Bonchev–Trinajstić information content (AvgIpc) is 2.62. The molecule has 1 rings (SSSR count). The number of amides is 1. The molecule has 154 valence electrons. The van der Waals surface area contributed by atoms with Gasteiger partial charge in [0, 0.05) is 18.8 Å². The van der Waals surface area contributed by atoms with Crippen LogP contribution in [0, 0.1) is 11.8 Å². The maximum atomic E-state index is 13.7. The predicted octanol–water partition coefficient (Wildman–Crippen LogP) is 4.63. The number of carbonyl (C=O) groups excluding carboxylic acids is 2. The number of alkyl carbamates (subject to hydrolysis) is 1. The standard InChI is InChI=1S/C20H31F2NO4/c1-4-5-6-9-15(2)14-27-19(25)23-17(18(24)26-3)16-10-7-8-12-20(21,22)13-11-16/h4-6,9,15-17H,7-8,10-14H2,1-3H3,(H,23,25)/b5-4-,9-6-. The van der Waals surface area contributed by atoms with Crippen LogP contribution in [0.4, 0.5) is 13.6 Å². The van der Waals surface area contributed by atoms with Crippen molar-refractivity contribution in [3.8, 4) is 0 Å². The van der Waals surface area contributed by atoms with Gasteiger partial charge < -0.3 is 14.8 Å². The fraction of sp³-hybridized carbons (Fsp3) is 0.700. The summed E-state index contributed by atoms with van der Waals surface area (Å²) in [6, 6.07) is -0.981. The van der Waals surface area contributed by atoms with E-state index in [-0.39, 0.29) is 31.8 Å². The minimum atomic E-state index is -2.73. The van der Waals surface area contributed by atoms with E-state index in [4.69, 9.17) is 9.47 Å². The van der Waals surface area contributed by atoms with Crippen LogP contribution in [-0.4, -0.2) is 37.7 Å². The minimum absolute atomic E-state index is 0.00334. The summed E-state index contributed by atoms with van der Waals surface area (Å²) < 4.78 is 37.4. The second-order valence-electron chi connectivity index (χ2n) is 7.03. The second-order valence-corrected chi connectivity index (χ2v) is 7.03. The molecular formula is C20H31F2NO4. The van der Waals surface area contributed by atoms with Crippen LogP contribution in [0.3, 0.4) is 0 Å². The monoisotopic (exact) mass is 387 g/mol. The van der Waals surface area contributed by atoms with E-state index in [0.717, 1.165) is 0 Å². The highest BCUT2D eigenvalue weighted by atomic mass is 19.3. The lowest BCUT2D eigenvalue weighted by atomic mass is 9.84. The quantitative estimate of drug-likeness (QED) is 0.511. The molecule has 7 heteroatoms. The maximum absolute atomic E-state index is 13.7. The van der Waals surface area contributed by atoms with E-state index in [9.17, 15) is 18.4 Å². The third kappa shape index (κ3) is 9.02. The predicted molar refractivity (Wildman–Crippen MR) is 99.5 cm³/mol. The first kappa shape index (κ1) is 23.1. The summed E-state index contributed by atoms with van der Waals surface area (Å²) in [6.07, 6.45) is 8.05. The topological polar surface area (TPSA) is 64.6 Å². The van der Waals surface area contributed by atoms with E-state index in [0.29, 0.717) is 19.3 Å². The summed E-state index contributed by atoms with van der Waals surface area (Å²) in [6.45, 7) is 3.94.